The molecular weight excluding hydrogens is 280 g/mol. The van der Waals surface area contributed by atoms with Crippen LogP contribution in [0.1, 0.15) is 10.4 Å². The van der Waals surface area contributed by atoms with Gasteiger partial charge in [-0.05, 0) is 12.1 Å². The smallest absolute Gasteiger partial charge is 0.349 e. The van der Waals surface area contributed by atoms with E-state index in [1.54, 1.807) is 12.1 Å². The maximum Gasteiger partial charge on any atom is 0.349 e. The van der Waals surface area contributed by atoms with E-state index in [4.69, 9.17) is 4.74 Å². The van der Waals surface area contributed by atoms with Crippen molar-refractivity contribution >= 4 is 24.2 Å². The average Bonchev–Trinajstić information content (AvgIpc) is 2.51. The third-order valence-corrected chi connectivity index (χ3v) is 2.16. The summed E-state index contributed by atoms with van der Waals surface area (Å²) in [7, 11) is 1.15. The zero-order chi connectivity index (χ0) is 15.7. The highest BCUT2D eigenvalue weighted by atomic mass is 16.6. The van der Waals surface area contributed by atoms with E-state index in [0.29, 0.717) is 6.29 Å². The number of benzene rings is 1. The molecule has 0 aliphatic carbocycles. The Bertz CT molecular complexity index is 574. The van der Waals surface area contributed by atoms with Gasteiger partial charge in [-0.1, -0.05) is 12.1 Å². The highest BCUT2D eigenvalue weighted by Gasteiger charge is 2.10. The highest BCUT2D eigenvalue weighted by molar-refractivity contribution is 5.92. The van der Waals surface area contributed by atoms with Crippen LogP contribution < -0.4 is 4.74 Å². The molecule has 0 radical (unpaired) electrons. The minimum absolute atomic E-state index is 0.0682. The summed E-state index contributed by atoms with van der Waals surface area (Å²) in [6.07, 6.45) is 2.21. The first-order valence-electron chi connectivity index (χ1n) is 5.74. The Morgan fingerprint density at radius 3 is 2.43 bits per heavy atom. The van der Waals surface area contributed by atoms with E-state index in [0.717, 1.165) is 19.3 Å². The number of hydrogen-bond acceptors (Lipinski definition) is 7. The van der Waals surface area contributed by atoms with Crippen molar-refractivity contribution in [1.82, 2.24) is 0 Å². The van der Waals surface area contributed by atoms with E-state index in [1.807, 2.05) is 0 Å². The predicted molar refractivity (Wildman–Crippen MR) is 69.6 cm³/mol. The van der Waals surface area contributed by atoms with E-state index in [9.17, 15) is 19.2 Å². The quantitative estimate of drug-likeness (QED) is 0.329. The molecule has 0 bridgehead atoms. The lowest BCUT2D eigenvalue weighted by Gasteiger charge is -2.06. The Morgan fingerprint density at radius 2 is 1.76 bits per heavy atom. The first kappa shape index (κ1) is 16.1. The summed E-state index contributed by atoms with van der Waals surface area (Å²) in [6.45, 7) is -0.655. The molecule has 0 aliphatic rings. The first-order valence-corrected chi connectivity index (χ1v) is 5.74. The summed E-state index contributed by atoms with van der Waals surface area (Å²) in [5.74, 6) is -2.42. The zero-order valence-electron chi connectivity index (χ0n) is 11.1. The van der Waals surface area contributed by atoms with Gasteiger partial charge >= 0.3 is 17.9 Å². The molecule has 7 nitrogen and oxygen atoms in total. The Kier molecular flexibility index (Phi) is 6.33. The second-order valence-corrected chi connectivity index (χ2v) is 3.59. The molecule has 0 spiro atoms. The molecule has 0 amide bonds. The van der Waals surface area contributed by atoms with Crippen LogP contribution in [-0.4, -0.2) is 37.9 Å². The van der Waals surface area contributed by atoms with Crippen LogP contribution in [0.5, 0.6) is 5.75 Å². The average molecular weight is 292 g/mol. The van der Waals surface area contributed by atoms with Gasteiger partial charge in [0.1, 0.15) is 5.75 Å². The van der Waals surface area contributed by atoms with E-state index < -0.39 is 24.5 Å². The molecule has 0 saturated heterocycles. The van der Waals surface area contributed by atoms with Crippen molar-refractivity contribution in [3.05, 3.63) is 42.0 Å². The molecule has 110 valence electrons. The highest BCUT2D eigenvalue weighted by Crippen LogP contribution is 2.15. The van der Waals surface area contributed by atoms with Gasteiger partial charge in [0.05, 0.1) is 12.7 Å². The van der Waals surface area contributed by atoms with Crippen molar-refractivity contribution in [2.75, 3.05) is 13.7 Å². The maximum absolute atomic E-state index is 11.4. The predicted octanol–water partition coefficient (Wildman–Crippen LogP) is 0.677. The Morgan fingerprint density at radius 1 is 1.10 bits per heavy atom. The normalized spacial score (nSPS) is 9.95. The second-order valence-electron chi connectivity index (χ2n) is 3.59. The van der Waals surface area contributed by atoms with E-state index in [2.05, 4.69) is 9.47 Å². The largest absolute Gasteiger partial charge is 0.466 e. The number of esters is 3. The van der Waals surface area contributed by atoms with Crippen molar-refractivity contribution in [3.63, 3.8) is 0 Å². The number of methoxy groups -OCH3 is 1. The fourth-order valence-corrected chi connectivity index (χ4v) is 1.21. The third kappa shape index (κ3) is 5.68. The van der Waals surface area contributed by atoms with Gasteiger partial charge < -0.3 is 14.2 Å². The minimum Gasteiger partial charge on any atom is -0.466 e. The van der Waals surface area contributed by atoms with Gasteiger partial charge in [-0.3, -0.25) is 4.79 Å². The molecule has 0 aliphatic heterocycles. The third-order valence-electron chi connectivity index (χ3n) is 2.16. The zero-order valence-corrected chi connectivity index (χ0v) is 11.1. The van der Waals surface area contributed by atoms with Crippen LogP contribution in [0.25, 0.3) is 0 Å². The Hall–Kier alpha value is -2.96. The summed E-state index contributed by atoms with van der Waals surface area (Å²) in [5, 5.41) is 0. The van der Waals surface area contributed by atoms with Crippen LogP contribution in [-0.2, 0) is 23.9 Å². The summed E-state index contributed by atoms with van der Waals surface area (Å²) < 4.78 is 13.7. The molecule has 1 aromatic carbocycles. The Balaban J connectivity index is 2.48. The molecule has 7 heteroatoms. The molecule has 0 atom stereocenters. The van der Waals surface area contributed by atoms with Crippen LogP contribution in [0.3, 0.4) is 0 Å². The SMILES string of the molecule is COC(=O)/C=C\C(=O)OCC(=O)Oc1ccccc1C=O. The van der Waals surface area contributed by atoms with Crippen LogP contribution in [0, 0.1) is 0 Å². The van der Waals surface area contributed by atoms with Crippen molar-refractivity contribution in [3.8, 4) is 5.75 Å². The molecule has 0 fully saturated rings. The molecule has 1 rings (SSSR count). The lowest BCUT2D eigenvalue weighted by atomic mass is 10.2. The Labute approximate surface area is 120 Å². The molecule has 1 aromatic rings. The first-order chi connectivity index (χ1) is 10.1. The van der Waals surface area contributed by atoms with Gasteiger partial charge in [0.2, 0.25) is 0 Å². The van der Waals surface area contributed by atoms with Crippen LogP contribution in [0.4, 0.5) is 0 Å². The summed E-state index contributed by atoms with van der Waals surface area (Å²) in [5.41, 5.74) is 0.197. The summed E-state index contributed by atoms with van der Waals surface area (Å²) in [4.78, 5) is 44.1. The molecule has 0 N–H and O–H groups in total. The number of carbonyl (C=O) groups is 4. The van der Waals surface area contributed by atoms with Gasteiger partial charge in [-0.2, -0.15) is 0 Å². The fraction of sp³-hybridized carbons (Fsp3) is 0.143. The number of rotatable bonds is 6. The van der Waals surface area contributed by atoms with Crippen LogP contribution >= 0.6 is 0 Å². The van der Waals surface area contributed by atoms with E-state index in [-0.39, 0.29) is 11.3 Å². The van der Waals surface area contributed by atoms with Crippen LogP contribution in [0.15, 0.2) is 36.4 Å². The number of ether oxygens (including phenoxy) is 3. The topological polar surface area (TPSA) is 96.0 Å². The number of aldehydes is 1. The van der Waals surface area contributed by atoms with Crippen molar-refractivity contribution < 1.29 is 33.4 Å². The van der Waals surface area contributed by atoms with Gasteiger partial charge in [-0.25, -0.2) is 14.4 Å². The number of carbonyl (C=O) groups excluding carboxylic acids is 4. The van der Waals surface area contributed by atoms with Gasteiger partial charge in [-0.15, -0.1) is 0 Å². The van der Waals surface area contributed by atoms with Crippen molar-refractivity contribution in [2.24, 2.45) is 0 Å². The summed E-state index contributed by atoms with van der Waals surface area (Å²) in [6, 6.07) is 6.10. The fourth-order valence-electron chi connectivity index (χ4n) is 1.21. The monoisotopic (exact) mass is 292 g/mol. The molecule has 0 saturated carbocycles. The van der Waals surface area contributed by atoms with Gasteiger partial charge in [0.15, 0.2) is 12.9 Å². The van der Waals surface area contributed by atoms with Gasteiger partial charge in [0.25, 0.3) is 0 Å². The standard InChI is InChI=1S/C14H12O7/c1-19-12(16)6-7-13(17)20-9-14(18)21-11-5-3-2-4-10(11)8-15/h2-8H,9H2,1H3/b7-6-. The number of para-hydroxylation sites is 1. The minimum atomic E-state index is -0.902. The summed E-state index contributed by atoms with van der Waals surface area (Å²) >= 11 is 0. The number of hydrogen-bond donors (Lipinski definition) is 0. The van der Waals surface area contributed by atoms with Gasteiger partial charge in [0, 0.05) is 12.2 Å². The molecule has 0 aromatic heterocycles. The van der Waals surface area contributed by atoms with E-state index in [1.165, 1.54) is 12.1 Å². The van der Waals surface area contributed by atoms with Crippen molar-refractivity contribution in [2.45, 2.75) is 0 Å². The van der Waals surface area contributed by atoms with Crippen molar-refractivity contribution in [1.29, 1.82) is 0 Å². The molecule has 21 heavy (non-hydrogen) atoms. The molecule has 0 unspecified atom stereocenters. The maximum atomic E-state index is 11.4. The molecular formula is C14H12O7. The lowest BCUT2D eigenvalue weighted by Crippen LogP contribution is -2.18. The second kappa shape index (κ2) is 8.26. The lowest BCUT2D eigenvalue weighted by molar-refractivity contribution is -0.150. The van der Waals surface area contributed by atoms with Crippen LogP contribution in [0.2, 0.25) is 0 Å². The molecule has 0 heterocycles. The van der Waals surface area contributed by atoms with E-state index >= 15 is 0 Å².